The first-order valence-corrected chi connectivity index (χ1v) is 8.59. The Hall–Kier alpha value is -1.93. The molecule has 2 nitrogen and oxygen atoms in total. The molecule has 1 heterocycles. The molecule has 0 aromatic heterocycles. The molecule has 0 saturated carbocycles. The molecule has 3 heteroatoms. The summed E-state index contributed by atoms with van der Waals surface area (Å²) in [6.07, 6.45) is 5.76. The zero-order valence-corrected chi connectivity index (χ0v) is 13.9. The van der Waals surface area contributed by atoms with E-state index in [2.05, 4.69) is 41.7 Å². The maximum Gasteiger partial charge on any atom is 0.119 e. The summed E-state index contributed by atoms with van der Waals surface area (Å²) >= 11 is 6.04. The molecule has 1 N–H and O–H groups in total. The zero-order valence-electron chi connectivity index (χ0n) is 13.1. The Balaban J connectivity index is 1.72. The van der Waals surface area contributed by atoms with Crippen molar-refractivity contribution in [1.29, 1.82) is 0 Å². The predicted octanol–water partition coefficient (Wildman–Crippen LogP) is 5.57. The highest BCUT2D eigenvalue weighted by molar-refractivity contribution is 6.30. The van der Waals surface area contributed by atoms with E-state index in [1.807, 2.05) is 25.1 Å². The fraction of sp³-hybridized carbons (Fsp3) is 0.300. The van der Waals surface area contributed by atoms with E-state index in [-0.39, 0.29) is 0 Å². The van der Waals surface area contributed by atoms with Crippen molar-refractivity contribution in [2.24, 2.45) is 5.92 Å². The summed E-state index contributed by atoms with van der Waals surface area (Å²) < 4.78 is 5.68. The summed E-state index contributed by atoms with van der Waals surface area (Å²) in [7, 11) is 0. The van der Waals surface area contributed by atoms with Crippen LogP contribution in [0.2, 0.25) is 5.02 Å². The van der Waals surface area contributed by atoms with Gasteiger partial charge in [0.25, 0.3) is 0 Å². The Morgan fingerprint density at radius 2 is 2.00 bits per heavy atom. The van der Waals surface area contributed by atoms with Gasteiger partial charge in [0.15, 0.2) is 0 Å². The molecular weight excluding hydrogens is 306 g/mol. The van der Waals surface area contributed by atoms with Crippen LogP contribution in [0.4, 0.5) is 5.69 Å². The molecule has 0 fully saturated rings. The number of benzene rings is 2. The van der Waals surface area contributed by atoms with Crippen molar-refractivity contribution in [2.75, 3.05) is 11.9 Å². The monoisotopic (exact) mass is 325 g/mol. The van der Waals surface area contributed by atoms with Crippen LogP contribution < -0.4 is 10.1 Å². The van der Waals surface area contributed by atoms with E-state index in [4.69, 9.17) is 16.3 Å². The molecule has 2 unspecified atom stereocenters. The van der Waals surface area contributed by atoms with Gasteiger partial charge in [0.05, 0.1) is 12.6 Å². The van der Waals surface area contributed by atoms with Crippen molar-refractivity contribution in [2.45, 2.75) is 25.3 Å². The fourth-order valence-corrected chi connectivity index (χ4v) is 3.96. The highest BCUT2D eigenvalue weighted by Gasteiger charge is 2.37. The molecular formula is C20H20ClNO. The second kappa shape index (κ2) is 5.93. The summed E-state index contributed by atoms with van der Waals surface area (Å²) in [6, 6.07) is 14.9. The number of hydrogen-bond donors (Lipinski definition) is 1. The van der Waals surface area contributed by atoms with E-state index in [1.165, 1.54) is 16.8 Å². The first-order chi connectivity index (χ1) is 11.3. The standard InChI is InChI=1S/C20H20ClNO/c1-2-23-15-10-11-19-18(12-15)16-4-3-5-17(16)20(22-19)13-6-8-14(21)9-7-13/h3-4,6-12,16-17,20,22H,2,5H2,1H3/t16?,17?,20-/m1/s1. The third-order valence-electron chi connectivity index (χ3n) is 4.87. The first kappa shape index (κ1) is 14.6. The number of nitrogens with one attached hydrogen (secondary N) is 1. The van der Waals surface area contributed by atoms with Gasteiger partial charge < -0.3 is 10.1 Å². The molecule has 1 aliphatic heterocycles. The minimum atomic E-state index is 0.317. The number of rotatable bonds is 3. The maximum atomic E-state index is 6.04. The van der Waals surface area contributed by atoms with E-state index in [1.54, 1.807) is 0 Å². The van der Waals surface area contributed by atoms with E-state index in [9.17, 15) is 0 Å². The Labute approximate surface area is 142 Å². The van der Waals surface area contributed by atoms with Gasteiger partial charge in [0.2, 0.25) is 0 Å². The van der Waals surface area contributed by atoms with Gasteiger partial charge in [-0.2, -0.15) is 0 Å². The lowest BCUT2D eigenvalue weighted by molar-refractivity contribution is 0.338. The van der Waals surface area contributed by atoms with Crippen molar-refractivity contribution in [3.8, 4) is 5.75 Å². The van der Waals surface area contributed by atoms with Crippen molar-refractivity contribution in [3.63, 3.8) is 0 Å². The van der Waals surface area contributed by atoms with E-state index < -0.39 is 0 Å². The van der Waals surface area contributed by atoms with Gasteiger partial charge in [0, 0.05) is 16.6 Å². The molecule has 3 atom stereocenters. The normalized spacial score (nSPS) is 24.7. The Bertz CT molecular complexity index is 738. The lowest BCUT2D eigenvalue weighted by Crippen LogP contribution is -2.29. The molecule has 0 amide bonds. The first-order valence-electron chi connectivity index (χ1n) is 8.21. The number of halogens is 1. The van der Waals surface area contributed by atoms with Crippen LogP contribution in [-0.4, -0.2) is 6.61 Å². The van der Waals surface area contributed by atoms with Crippen LogP contribution in [0.15, 0.2) is 54.6 Å². The smallest absolute Gasteiger partial charge is 0.119 e. The number of ether oxygens (including phenoxy) is 1. The van der Waals surface area contributed by atoms with Gasteiger partial charge in [-0.25, -0.2) is 0 Å². The van der Waals surface area contributed by atoms with Crippen LogP contribution in [0.5, 0.6) is 5.75 Å². The zero-order chi connectivity index (χ0) is 15.8. The molecule has 4 rings (SSSR count). The molecule has 2 aromatic carbocycles. The number of fused-ring (bicyclic) bond motifs is 3. The van der Waals surface area contributed by atoms with E-state index >= 15 is 0 Å². The number of anilines is 1. The van der Waals surface area contributed by atoms with Gasteiger partial charge in [-0.05, 0) is 60.7 Å². The van der Waals surface area contributed by atoms with Gasteiger partial charge in [0.1, 0.15) is 5.75 Å². The summed E-state index contributed by atoms with van der Waals surface area (Å²) in [5.74, 6) is 1.95. The second-order valence-corrected chi connectivity index (χ2v) is 6.65. The largest absolute Gasteiger partial charge is 0.494 e. The SMILES string of the molecule is CCOc1ccc2c(c1)C1C=CCC1[C@@H](c1ccc(Cl)cc1)N2. The summed E-state index contributed by atoms with van der Waals surface area (Å²) in [5, 5.41) is 4.52. The molecule has 2 aromatic rings. The van der Waals surface area contributed by atoms with Crippen molar-refractivity contribution >= 4 is 17.3 Å². The second-order valence-electron chi connectivity index (χ2n) is 6.21. The van der Waals surface area contributed by atoms with E-state index in [0.717, 1.165) is 17.2 Å². The Kier molecular flexibility index (Phi) is 3.78. The average molecular weight is 326 g/mol. The molecule has 23 heavy (non-hydrogen) atoms. The van der Waals surface area contributed by atoms with Crippen molar-refractivity contribution in [3.05, 3.63) is 70.8 Å². The Morgan fingerprint density at radius 3 is 2.78 bits per heavy atom. The highest BCUT2D eigenvalue weighted by atomic mass is 35.5. The third-order valence-corrected chi connectivity index (χ3v) is 5.13. The molecule has 0 radical (unpaired) electrons. The predicted molar refractivity (Wildman–Crippen MR) is 95.4 cm³/mol. The van der Waals surface area contributed by atoms with Gasteiger partial charge in [-0.15, -0.1) is 0 Å². The summed E-state index contributed by atoms with van der Waals surface area (Å²) in [4.78, 5) is 0. The molecule has 118 valence electrons. The van der Waals surface area contributed by atoms with Crippen molar-refractivity contribution < 1.29 is 4.74 Å². The van der Waals surface area contributed by atoms with Crippen LogP contribution in [0.1, 0.15) is 36.4 Å². The summed E-state index contributed by atoms with van der Waals surface area (Å²) in [6.45, 7) is 2.72. The fourth-order valence-electron chi connectivity index (χ4n) is 3.83. The van der Waals surface area contributed by atoms with Gasteiger partial charge >= 0.3 is 0 Å². The minimum Gasteiger partial charge on any atom is -0.494 e. The lowest BCUT2D eigenvalue weighted by Gasteiger charge is -2.37. The molecule has 0 saturated heterocycles. The number of hydrogen-bond acceptors (Lipinski definition) is 2. The quantitative estimate of drug-likeness (QED) is 0.745. The topological polar surface area (TPSA) is 21.3 Å². The van der Waals surface area contributed by atoms with Crippen LogP contribution in [-0.2, 0) is 0 Å². The van der Waals surface area contributed by atoms with Crippen LogP contribution in [0.3, 0.4) is 0 Å². The third kappa shape index (κ3) is 2.61. The van der Waals surface area contributed by atoms with Crippen LogP contribution >= 0.6 is 11.6 Å². The molecule has 0 bridgehead atoms. The lowest BCUT2D eigenvalue weighted by atomic mass is 9.77. The van der Waals surface area contributed by atoms with Crippen molar-refractivity contribution in [1.82, 2.24) is 0 Å². The minimum absolute atomic E-state index is 0.317. The van der Waals surface area contributed by atoms with Crippen LogP contribution in [0, 0.1) is 5.92 Å². The molecule has 2 aliphatic rings. The summed E-state index contributed by atoms with van der Waals surface area (Å²) in [5.41, 5.74) is 3.86. The van der Waals surface area contributed by atoms with E-state index in [0.29, 0.717) is 24.5 Å². The highest BCUT2D eigenvalue weighted by Crippen LogP contribution is 2.50. The molecule has 1 aliphatic carbocycles. The Morgan fingerprint density at radius 1 is 1.17 bits per heavy atom. The van der Waals surface area contributed by atoms with Gasteiger partial charge in [-0.1, -0.05) is 35.9 Å². The maximum absolute atomic E-state index is 6.04. The molecule has 0 spiro atoms. The van der Waals surface area contributed by atoms with Crippen LogP contribution in [0.25, 0.3) is 0 Å². The van der Waals surface area contributed by atoms with Gasteiger partial charge in [-0.3, -0.25) is 0 Å². The average Bonchev–Trinajstić information content (AvgIpc) is 3.05. The number of allylic oxidation sites excluding steroid dienone is 2.